The number of hydrogen-bond donors (Lipinski definition) is 1. The van der Waals surface area contributed by atoms with Gasteiger partial charge in [0.15, 0.2) is 9.84 Å². The molecule has 2 rings (SSSR count). The van der Waals surface area contributed by atoms with Crippen LogP contribution in [0.2, 0.25) is 0 Å². The Hall–Kier alpha value is -0.480. The number of nitrogens with zero attached hydrogens (tertiary/aromatic N) is 1. The Morgan fingerprint density at radius 1 is 1.38 bits per heavy atom. The van der Waals surface area contributed by atoms with Crippen LogP contribution in [0.1, 0.15) is 26.3 Å². The van der Waals surface area contributed by atoms with Gasteiger partial charge in [0.25, 0.3) is 0 Å². The zero-order valence-corrected chi connectivity index (χ0v) is 14.7. The van der Waals surface area contributed by atoms with Crippen LogP contribution in [-0.4, -0.2) is 46.1 Å². The second-order valence-corrected chi connectivity index (χ2v) is 11.0. The Kier molecular flexibility index (Phi) is 4.27. The number of nitrogens with two attached hydrogens (primary N) is 1. The van der Waals surface area contributed by atoms with Crippen LogP contribution < -0.4 is 5.14 Å². The molecule has 0 saturated carbocycles. The summed E-state index contributed by atoms with van der Waals surface area (Å²) in [5, 5.41) is 5.08. The molecule has 1 aliphatic heterocycles. The normalized spacial score (nSPS) is 24.4. The molecular weight excluding hydrogens is 332 g/mol. The van der Waals surface area contributed by atoms with Gasteiger partial charge in [0.05, 0.1) is 4.75 Å². The molecule has 120 valence electrons. The van der Waals surface area contributed by atoms with Crippen molar-refractivity contribution in [3.63, 3.8) is 0 Å². The third kappa shape index (κ3) is 2.77. The standard InChI is InChI=1S/C12H20N2O4S3/c1-4-14(5-2)8-12(3)7-9-6-10(21(13,17)18)19-11(9)20(12,15)16/h6H,4-5,7-8H2,1-3H3,(H2,13,17,18). The number of primary sulfonamides is 1. The molecule has 0 spiro atoms. The number of thiophene rings is 1. The zero-order chi connectivity index (χ0) is 16.1. The van der Waals surface area contributed by atoms with Gasteiger partial charge in [-0.2, -0.15) is 0 Å². The van der Waals surface area contributed by atoms with Crippen molar-refractivity contribution in [1.82, 2.24) is 4.90 Å². The van der Waals surface area contributed by atoms with Gasteiger partial charge in [-0.1, -0.05) is 13.8 Å². The predicted molar refractivity (Wildman–Crippen MR) is 82.8 cm³/mol. The molecule has 0 amide bonds. The number of rotatable bonds is 5. The van der Waals surface area contributed by atoms with Crippen molar-refractivity contribution in [2.45, 2.75) is 40.4 Å². The molecule has 1 atom stereocenters. The smallest absolute Gasteiger partial charge is 0.247 e. The van der Waals surface area contributed by atoms with Crippen LogP contribution in [0.3, 0.4) is 0 Å². The number of fused-ring (bicyclic) bond motifs is 1. The molecule has 0 fully saturated rings. The number of hydrogen-bond acceptors (Lipinski definition) is 6. The van der Waals surface area contributed by atoms with Gasteiger partial charge in [-0.25, -0.2) is 22.0 Å². The van der Waals surface area contributed by atoms with Crippen LogP contribution in [0.4, 0.5) is 0 Å². The summed E-state index contributed by atoms with van der Waals surface area (Å²) in [5.41, 5.74) is 0.568. The van der Waals surface area contributed by atoms with Crippen LogP contribution in [0.5, 0.6) is 0 Å². The summed E-state index contributed by atoms with van der Waals surface area (Å²) in [7, 11) is -7.40. The first kappa shape index (κ1) is 16.9. The molecule has 0 saturated heterocycles. The van der Waals surface area contributed by atoms with Gasteiger partial charge in [-0.15, -0.1) is 11.3 Å². The molecule has 2 heterocycles. The van der Waals surface area contributed by atoms with Gasteiger partial charge in [-0.05, 0) is 38.1 Å². The molecule has 9 heteroatoms. The lowest BCUT2D eigenvalue weighted by molar-refractivity contribution is 0.271. The van der Waals surface area contributed by atoms with E-state index in [9.17, 15) is 16.8 Å². The summed E-state index contributed by atoms with van der Waals surface area (Å²) >= 11 is 0.761. The van der Waals surface area contributed by atoms with Crippen molar-refractivity contribution < 1.29 is 16.8 Å². The average molecular weight is 353 g/mol. The van der Waals surface area contributed by atoms with Crippen LogP contribution in [0.15, 0.2) is 14.5 Å². The van der Waals surface area contributed by atoms with E-state index in [2.05, 4.69) is 4.90 Å². The van der Waals surface area contributed by atoms with E-state index in [1.165, 1.54) is 6.07 Å². The first-order valence-corrected chi connectivity index (χ1v) is 10.5. The molecule has 0 aliphatic carbocycles. The van der Waals surface area contributed by atoms with Crippen molar-refractivity contribution in [2.75, 3.05) is 19.6 Å². The minimum atomic E-state index is -3.86. The van der Waals surface area contributed by atoms with E-state index in [4.69, 9.17) is 5.14 Å². The molecule has 1 unspecified atom stereocenters. The Labute approximate surface area is 129 Å². The molecule has 21 heavy (non-hydrogen) atoms. The van der Waals surface area contributed by atoms with Crippen LogP contribution in [-0.2, 0) is 26.3 Å². The highest BCUT2D eigenvalue weighted by Gasteiger charge is 2.50. The van der Waals surface area contributed by atoms with E-state index >= 15 is 0 Å². The summed E-state index contributed by atoms with van der Waals surface area (Å²) in [6, 6.07) is 1.40. The van der Waals surface area contributed by atoms with Crippen molar-refractivity contribution >= 4 is 31.2 Å². The average Bonchev–Trinajstić information content (AvgIpc) is 2.85. The lowest BCUT2D eigenvalue weighted by Crippen LogP contribution is -2.45. The van der Waals surface area contributed by atoms with E-state index in [1.54, 1.807) is 6.92 Å². The summed E-state index contributed by atoms with van der Waals surface area (Å²) in [4.78, 5) is 2.06. The molecule has 2 N–H and O–H groups in total. The summed E-state index contributed by atoms with van der Waals surface area (Å²) in [5.74, 6) is 0. The van der Waals surface area contributed by atoms with Gasteiger partial charge in [0, 0.05) is 6.54 Å². The van der Waals surface area contributed by atoms with E-state index in [-0.39, 0.29) is 8.42 Å². The molecule has 6 nitrogen and oxygen atoms in total. The van der Waals surface area contributed by atoms with Gasteiger partial charge >= 0.3 is 0 Å². The number of sulfone groups is 1. The summed E-state index contributed by atoms with van der Waals surface area (Å²) in [6.07, 6.45) is 0.327. The highest BCUT2D eigenvalue weighted by molar-refractivity contribution is 7.96. The predicted octanol–water partition coefficient (Wildman–Crippen LogP) is 0.826. The Balaban J connectivity index is 2.43. The van der Waals surface area contributed by atoms with E-state index in [0.717, 1.165) is 24.4 Å². The van der Waals surface area contributed by atoms with Crippen LogP contribution in [0, 0.1) is 0 Å². The number of sulfonamides is 1. The highest BCUT2D eigenvalue weighted by Crippen LogP contribution is 2.45. The highest BCUT2D eigenvalue weighted by atomic mass is 32.3. The van der Waals surface area contributed by atoms with Crippen molar-refractivity contribution in [3.05, 3.63) is 11.6 Å². The quantitative estimate of drug-likeness (QED) is 0.846. The summed E-state index contributed by atoms with van der Waals surface area (Å²) in [6.45, 7) is 7.69. The maximum atomic E-state index is 12.8. The van der Waals surface area contributed by atoms with Gasteiger partial charge in [-0.3, -0.25) is 0 Å². The molecule has 1 aliphatic rings. The second kappa shape index (κ2) is 5.31. The van der Waals surface area contributed by atoms with Gasteiger partial charge < -0.3 is 4.90 Å². The van der Waals surface area contributed by atoms with Crippen molar-refractivity contribution in [3.8, 4) is 0 Å². The SMILES string of the molecule is CCN(CC)CC1(C)Cc2cc(S(N)(=O)=O)sc2S1(=O)=O. The van der Waals surface area contributed by atoms with Crippen molar-refractivity contribution in [1.29, 1.82) is 0 Å². The maximum Gasteiger partial charge on any atom is 0.247 e. The molecule has 0 bridgehead atoms. The molecular formula is C12H20N2O4S3. The van der Waals surface area contributed by atoms with Gasteiger partial charge in [0.2, 0.25) is 10.0 Å². The Bertz CT molecular complexity index is 747. The topological polar surface area (TPSA) is 97.5 Å². The van der Waals surface area contributed by atoms with E-state index in [0.29, 0.717) is 18.5 Å². The molecule has 1 aromatic heterocycles. The molecule has 0 aromatic carbocycles. The third-order valence-electron chi connectivity index (χ3n) is 3.94. The van der Waals surface area contributed by atoms with E-state index in [1.807, 2.05) is 13.8 Å². The monoisotopic (exact) mass is 352 g/mol. The van der Waals surface area contributed by atoms with Crippen molar-refractivity contribution in [2.24, 2.45) is 5.14 Å². The molecule has 0 radical (unpaired) electrons. The zero-order valence-electron chi connectivity index (χ0n) is 12.3. The minimum Gasteiger partial charge on any atom is -0.302 e. The Morgan fingerprint density at radius 3 is 2.38 bits per heavy atom. The summed E-state index contributed by atoms with van der Waals surface area (Å²) < 4.78 is 47.4. The maximum absolute atomic E-state index is 12.8. The van der Waals surface area contributed by atoms with Crippen LogP contribution >= 0.6 is 11.3 Å². The fourth-order valence-corrected chi connectivity index (χ4v) is 7.42. The third-order valence-corrected chi connectivity index (χ3v) is 9.56. The first-order valence-electron chi connectivity index (χ1n) is 6.67. The van der Waals surface area contributed by atoms with Crippen LogP contribution in [0.25, 0.3) is 0 Å². The lowest BCUT2D eigenvalue weighted by Gasteiger charge is -2.30. The van der Waals surface area contributed by atoms with Gasteiger partial charge in [0.1, 0.15) is 8.42 Å². The molecule has 1 aromatic rings. The van der Waals surface area contributed by atoms with E-state index < -0.39 is 24.6 Å². The largest absolute Gasteiger partial charge is 0.302 e. The Morgan fingerprint density at radius 2 is 1.95 bits per heavy atom. The second-order valence-electron chi connectivity index (χ2n) is 5.51. The lowest BCUT2D eigenvalue weighted by atomic mass is 10.0. The fraction of sp³-hybridized carbons (Fsp3) is 0.667. The fourth-order valence-electron chi connectivity index (χ4n) is 2.66. The minimum absolute atomic E-state index is 0.0824. The first-order chi connectivity index (χ1) is 9.55.